The van der Waals surface area contributed by atoms with Crippen LogP contribution in [-0.2, 0) is 4.74 Å². The van der Waals surface area contributed by atoms with Crippen molar-refractivity contribution in [3.63, 3.8) is 0 Å². The zero-order valence-corrected chi connectivity index (χ0v) is 37.9. The van der Waals surface area contributed by atoms with E-state index in [-0.39, 0.29) is 25.7 Å². The van der Waals surface area contributed by atoms with Gasteiger partial charge in [0.05, 0.1) is 62.0 Å². The maximum atomic E-state index is 10.8. The van der Waals surface area contributed by atoms with Gasteiger partial charge < -0.3 is 45.6 Å². The zero-order chi connectivity index (χ0) is 42.6. The highest BCUT2D eigenvalue weighted by Crippen LogP contribution is 2.42. The van der Waals surface area contributed by atoms with Crippen LogP contribution in [0.1, 0.15) is 233 Å². The Morgan fingerprint density at radius 1 is 0.316 bits per heavy atom. The molecule has 0 saturated heterocycles. The lowest BCUT2D eigenvalue weighted by atomic mass is 9.79. The van der Waals surface area contributed by atoms with Crippen LogP contribution in [0.3, 0.4) is 0 Å². The fourth-order valence-corrected chi connectivity index (χ4v) is 8.81. The van der Waals surface area contributed by atoms with Gasteiger partial charge in [0.1, 0.15) is 0 Å². The lowest BCUT2D eigenvalue weighted by Crippen LogP contribution is -2.52. The number of hydrogen-bond acceptors (Lipinski definition) is 9. The van der Waals surface area contributed by atoms with Crippen LogP contribution in [0.4, 0.5) is 0 Å². The van der Waals surface area contributed by atoms with Gasteiger partial charge in [0, 0.05) is 25.7 Å². The minimum absolute atomic E-state index is 0.00215. The fraction of sp³-hybridized carbons (Fsp3) is 1.00. The van der Waals surface area contributed by atoms with Gasteiger partial charge in [0.25, 0.3) is 0 Å². The summed E-state index contributed by atoms with van der Waals surface area (Å²) in [5, 5.41) is 83.1. The quantitative estimate of drug-likeness (QED) is 0.0279. The molecule has 57 heavy (non-hydrogen) atoms. The molecule has 0 amide bonds. The lowest BCUT2D eigenvalue weighted by molar-refractivity contribution is -0.216. The van der Waals surface area contributed by atoms with E-state index in [0.717, 1.165) is 63.2 Å². The van der Waals surface area contributed by atoms with Crippen molar-refractivity contribution in [3.8, 4) is 0 Å². The van der Waals surface area contributed by atoms with Gasteiger partial charge in [-0.3, -0.25) is 0 Å². The van der Waals surface area contributed by atoms with E-state index in [1.54, 1.807) is 0 Å². The Hall–Kier alpha value is -0.360. The van der Waals surface area contributed by atoms with Crippen LogP contribution in [0.25, 0.3) is 0 Å². The zero-order valence-electron chi connectivity index (χ0n) is 37.9. The molecule has 0 aromatic heterocycles. The Kier molecular flexibility index (Phi) is 37.2. The molecule has 8 N–H and O–H groups in total. The van der Waals surface area contributed by atoms with Crippen LogP contribution in [0.2, 0.25) is 0 Å². The summed E-state index contributed by atoms with van der Waals surface area (Å²) in [4.78, 5) is 0. The molecule has 0 aliphatic heterocycles. The van der Waals surface area contributed by atoms with Crippen LogP contribution < -0.4 is 0 Å². The van der Waals surface area contributed by atoms with Gasteiger partial charge in [-0.25, -0.2) is 0 Å². The van der Waals surface area contributed by atoms with Crippen molar-refractivity contribution in [1.82, 2.24) is 0 Å². The van der Waals surface area contributed by atoms with E-state index >= 15 is 0 Å². The highest BCUT2D eigenvalue weighted by molar-refractivity contribution is 4.95. The van der Waals surface area contributed by atoms with E-state index in [1.165, 1.54) is 116 Å². The minimum atomic E-state index is -1.18. The summed E-state index contributed by atoms with van der Waals surface area (Å²) in [6, 6.07) is 0. The summed E-state index contributed by atoms with van der Waals surface area (Å²) in [6.45, 7) is 7.18. The monoisotopic (exact) mass is 819 g/mol. The minimum Gasteiger partial charge on any atom is -0.394 e. The van der Waals surface area contributed by atoms with Crippen LogP contribution in [-0.4, -0.2) is 103 Å². The van der Waals surface area contributed by atoms with Crippen molar-refractivity contribution in [3.05, 3.63) is 0 Å². The molecule has 9 heteroatoms. The second-order valence-corrected chi connectivity index (χ2v) is 19.0. The molecule has 9 nitrogen and oxygen atoms in total. The van der Waals surface area contributed by atoms with Gasteiger partial charge in [-0.05, 0) is 24.7 Å². The number of rotatable bonds is 44. The predicted molar refractivity (Wildman–Crippen MR) is 236 cm³/mol. The van der Waals surface area contributed by atoms with E-state index in [9.17, 15) is 40.9 Å². The van der Waals surface area contributed by atoms with Gasteiger partial charge in [-0.2, -0.15) is 0 Å². The highest BCUT2D eigenvalue weighted by Gasteiger charge is 2.45. The summed E-state index contributed by atoms with van der Waals surface area (Å²) in [7, 11) is 0. The van der Waals surface area contributed by atoms with E-state index in [1.807, 2.05) is 0 Å². The Morgan fingerprint density at radius 3 is 0.702 bits per heavy atom. The van der Waals surface area contributed by atoms with E-state index in [0.29, 0.717) is 12.8 Å². The number of aliphatic hydroxyl groups is 8. The first kappa shape index (κ1) is 56.6. The third-order valence-corrected chi connectivity index (χ3v) is 12.0. The molecule has 344 valence electrons. The molecule has 0 spiro atoms. The second kappa shape index (κ2) is 37.4. The molecule has 0 saturated carbocycles. The average Bonchev–Trinajstić information content (AvgIpc) is 3.17. The molecule has 0 rings (SSSR count). The molecule has 0 bridgehead atoms. The van der Waals surface area contributed by atoms with E-state index in [2.05, 4.69) is 27.7 Å². The maximum Gasteiger partial charge on any atom is 0.0798 e. The smallest absolute Gasteiger partial charge is 0.0798 e. The largest absolute Gasteiger partial charge is 0.394 e. The Labute approximate surface area is 351 Å². The third-order valence-electron chi connectivity index (χ3n) is 12.0. The first-order valence-electron chi connectivity index (χ1n) is 24.2. The molecule has 4 unspecified atom stereocenters. The van der Waals surface area contributed by atoms with Gasteiger partial charge >= 0.3 is 0 Å². The summed E-state index contributed by atoms with van der Waals surface area (Å²) < 4.78 is 7.07. The number of ether oxygens (including phenoxy) is 1. The first-order chi connectivity index (χ1) is 27.4. The van der Waals surface area contributed by atoms with Crippen LogP contribution >= 0.6 is 0 Å². The summed E-state index contributed by atoms with van der Waals surface area (Å²) in [5.41, 5.74) is -2.36. The molecule has 0 aromatic rings. The van der Waals surface area contributed by atoms with Crippen molar-refractivity contribution in [2.45, 2.75) is 269 Å². The van der Waals surface area contributed by atoms with E-state index in [4.69, 9.17) is 4.74 Å². The van der Waals surface area contributed by atoms with Crippen LogP contribution in [0, 0.1) is 11.8 Å². The van der Waals surface area contributed by atoms with Crippen molar-refractivity contribution in [2.24, 2.45) is 11.8 Å². The normalized spacial score (nSPS) is 16.5. The van der Waals surface area contributed by atoms with Crippen molar-refractivity contribution in [1.29, 1.82) is 0 Å². The molecule has 4 atom stereocenters. The lowest BCUT2D eigenvalue weighted by Gasteiger charge is -2.47. The van der Waals surface area contributed by atoms with Gasteiger partial charge in [-0.15, -0.1) is 0 Å². The maximum absolute atomic E-state index is 10.8. The Morgan fingerprint density at radius 2 is 0.509 bits per heavy atom. The van der Waals surface area contributed by atoms with Gasteiger partial charge in [-0.1, -0.05) is 195 Å². The summed E-state index contributed by atoms with van der Waals surface area (Å²) in [5.74, 6) is 1.60. The summed E-state index contributed by atoms with van der Waals surface area (Å²) in [6.07, 6.45) is 27.4. The molecule has 0 radical (unpaired) electrons. The number of hydrogen-bond donors (Lipinski definition) is 8. The van der Waals surface area contributed by atoms with Crippen molar-refractivity contribution >= 4 is 0 Å². The Bertz CT molecular complexity index is 751. The molecular formula is C48H98O9. The van der Waals surface area contributed by atoms with Crippen molar-refractivity contribution < 1.29 is 45.6 Å². The second-order valence-electron chi connectivity index (χ2n) is 19.0. The molecule has 0 fully saturated rings. The molecular weight excluding hydrogens is 721 g/mol. The fourth-order valence-electron chi connectivity index (χ4n) is 8.81. The topological polar surface area (TPSA) is 171 Å². The summed E-state index contributed by atoms with van der Waals surface area (Å²) >= 11 is 0. The average molecular weight is 819 g/mol. The first-order valence-corrected chi connectivity index (χ1v) is 24.2. The Balaban J connectivity index is 5.43. The van der Waals surface area contributed by atoms with Crippen LogP contribution in [0.15, 0.2) is 0 Å². The molecule has 0 aliphatic rings. The number of aliphatic hydroxyl groups excluding tert-OH is 8. The van der Waals surface area contributed by atoms with E-state index < -0.39 is 62.0 Å². The standard InChI is InChI=1S/C48H98O9/c1-41(2)29-25-21-17-13-9-5-7-11-15-19-23-27-31-47(33-43(53)37-49,34-44(54)38-50)57-48(35-45(55)39-51,36-46(56)40-52)32-28-24-20-16-12-8-6-10-14-18-22-26-30-42(3)4/h41-46,49-56H,5-40H2,1-4H3. The van der Waals surface area contributed by atoms with Gasteiger partial charge in [0.15, 0.2) is 0 Å². The molecule has 0 aliphatic carbocycles. The number of unbranched alkanes of at least 4 members (excludes halogenated alkanes) is 22. The highest BCUT2D eigenvalue weighted by atomic mass is 16.5. The van der Waals surface area contributed by atoms with Crippen molar-refractivity contribution in [2.75, 3.05) is 26.4 Å². The molecule has 0 heterocycles. The third kappa shape index (κ3) is 33.0. The van der Waals surface area contributed by atoms with Gasteiger partial charge in [0.2, 0.25) is 0 Å². The predicted octanol–water partition coefficient (Wildman–Crippen LogP) is 9.69. The van der Waals surface area contributed by atoms with Crippen LogP contribution in [0.5, 0.6) is 0 Å². The SMILES string of the molecule is CC(C)CCCCCCCCCCCCCCC(CC(O)CO)(CC(O)CO)OC(CCCCCCCCCCCCCCC(C)C)(CC(O)CO)CC(O)CO. The molecule has 0 aromatic carbocycles.